The highest BCUT2D eigenvalue weighted by atomic mass is 35.5. The molecule has 2 amide bonds. The molecular weight excluding hydrogens is 621 g/mol. The van der Waals surface area contributed by atoms with Crippen LogP contribution in [-0.2, 0) is 26.2 Å². The maximum absolute atomic E-state index is 14.2. The van der Waals surface area contributed by atoms with E-state index in [1.165, 1.54) is 42.3 Å². The minimum absolute atomic E-state index is 0.00918. The molecule has 42 heavy (non-hydrogen) atoms. The number of halogens is 3. The van der Waals surface area contributed by atoms with Crippen LogP contribution in [-0.4, -0.2) is 50.9 Å². The molecule has 0 saturated carbocycles. The fourth-order valence-electron chi connectivity index (χ4n) is 4.25. The van der Waals surface area contributed by atoms with Gasteiger partial charge in [-0.2, -0.15) is 0 Å². The summed E-state index contributed by atoms with van der Waals surface area (Å²) in [5.74, 6) is -0.596. The maximum Gasteiger partial charge on any atom is 0.264 e. The molecule has 2 unspecified atom stereocenters. The van der Waals surface area contributed by atoms with Gasteiger partial charge in [-0.3, -0.25) is 13.9 Å². The van der Waals surface area contributed by atoms with E-state index in [-0.39, 0.29) is 40.5 Å². The number of nitrogens with zero attached hydrogens (tertiary/aromatic N) is 2. The summed E-state index contributed by atoms with van der Waals surface area (Å²) in [6, 6.07) is 16.1. The van der Waals surface area contributed by atoms with E-state index in [1.807, 2.05) is 13.8 Å². The second-order valence-electron chi connectivity index (χ2n) is 9.66. The van der Waals surface area contributed by atoms with Crippen molar-refractivity contribution in [3.8, 4) is 5.75 Å². The molecule has 3 rings (SSSR count). The minimum Gasteiger partial charge on any atom is -0.495 e. The number of nitrogens with one attached hydrogen (secondary N) is 1. The molecule has 0 aliphatic heterocycles. The Bertz CT molecular complexity index is 1510. The maximum atomic E-state index is 14.2. The van der Waals surface area contributed by atoms with Gasteiger partial charge in [0.25, 0.3) is 10.0 Å². The molecule has 0 aliphatic rings. The quantitative estimate of drug-likeness (QED) is 0.225. The molecule has 0 fully saturated rings. The van der Waals surface area contributed by atoms with Crippen molar-refractivity contribution in [2.45, 2.75) is 57.1 Å². The van der Waals surface area contributed by atoms with Crippen LogP contribution in [0.1, 0.15) is 39.2 Å². The van der Waals surface area contributed by atoms with E-state index < -0.39 is 28.5 Å². The van der Waals surface area contributed by atoms with Gasteiger partial charge in [-0.05, 0) is 67.8 Å². The lowest BCUT2D eigenvalue weighted by Gasteiger charge is -2.34. The third kappa shape index (κ3) is 8.10. The predicted molar refractivity (Wildman–Crippen MR) is 168 cm³/mol. The molecule has 0 aromatic heterocycles. The lowest BCUT2D eigenvalue weighted by molar-refractivity contribution is -0.140. The Labute approximate surface area is 262 Å². The van der Waals surface area contributed by atoms with E-state index >= 15 is 0 Å². The number of carbonyl (C=O) groups excluding carboxylic acids is 2. The van der Waals surface area contributed by atoms with Crippen LogP contribution in [0, 0.1) is 0 Å². The van der Waals surface area contributed by atoms with E-state index in [0.29, 0.717) is 27.8 Å². The van der Waals surface area contributed by atoms with Crippen LogP contribution >= 0.6 is 34.8 Å². The Kier molecular flexibility index (Phi) is 11.9. The summed E-state index contributed by atoms with van der Waals surface area (Å²) < 4.78 is 34.1. The highest BCUT2D eigenvalue weighted by Gasteiger charge is 2.34. The first-order valence-electron chi connectivity index (χ1n) is 13.4. The molecule has 0 bridgehead atoms. The van der Waals surface area contributed by atoms with Crippen molar-refractivity contribution in [1.29, 1.82) is 0 Å². The molecule has 0 heterocycles. The van der Waals surface area contributed by atoms with E-state index in [9.17, 15) is 18.0 Å². The Morgan fingerprint density at radius 2 is 1.60 bits per heavy atom. The van der Waals surface area contributed by atoms with E-state index in [0.717, 1.165) is 4.31 Å². The molecule has 226 valence electrons. The van der Waals surface area contributed by atoms with Gasteiger partial charge < -0.3 is 15.0 Å². The number of anilines is 1. The number of methoxy groups -OCH3 is 1. The van der Waals surface area contributed by atoms with Crippen molar-refractivity contribution in [3.63, 3.8) is 0 Å². The number of sulfonamides is 1. The first-order chi connectivity index (χ1) is 19.9. The van der Waals surface area contributed by atoms with Crippen molar-refractivity contribution >= 4 is 62.3 Å². The molecule has 3 aromatic rings. The van der Waals surface area contributed by atoms with E-state index in [2.05, 4.69) is 5.32 Å². The van der Waals surface area contributed by atoms with Crippen LogP contribution in [0.4, 0.5) is 5.69 Å². The van der Waals surface area contributed by atoms with Crippen LogP contribution in [0.5, 0.6) is 5.75 Å². The van der Waals surface area contributed by atoms with Crippen LogP contribution < -0.4 is 14.4 Å². The van der Waals surface area contributed by atoms with Gasteiger partial charge in [0, 0.05) is 12.6 Å². The van der Waals surface area contributed by atoms with Crippen molar-refractivity contribution in [3.05, 3.63) is 87.4 Å². The van der Waals surface area contributed by atoms with Gasteiger partial charge in [-0.25, -0.2) is 8.42 Å². The second kappa shape index (κ2) is 15.0. The number of hydrogen-bond donors (Lipinski definition) is 1. The standard InChI is InChI=1S/C30H34Cl3N3O5S/c1-5-20(3)34-30(38)27(6-2)35(18-21-12-14-24(31)25(32)16-21)29(37)19-36(22-13-15-28(41-4)26(33)17-22)42(39,40)23-10-8-7-9-11-23/h7-17,20,27H,5-6,18-19H2,1-4H3,(H,34,38). The van der Waals surface area contributed by atoms with Gasteiger partial charge in [-0.1, -0.05) is 72.9 Å². The van der Waals surface area contributed by atoms with Crippen molar-refractivity contribution < 1.29 is 22.7 Å². The number of carbonyl (C=O) groups is 2. The summed E-state index contributed by atoms with van der Waals surface area (Å²) >= 11 is 18.7. The number of hydrogen-bond acceptors (Lipinski definition) is 5. The zero-order valence-corrected chi connectivity index (χ0v) is 26.9. The largest absolute Gasteiger partial charge is 0.495 e. The highest BCUT2D eigenvalue weighted by Crippen LogP contribution is 2.32. The summed E-state index contributed by atoms with van der Waals surface area (Å²) in [6.07, 6.45) is 0.985. The SMILES string of the molecule is CCC(C)NC(=O)C(CC)N(Cc1ccc(Cl)c(Cl)c1)C(=O)CN(c1ccc(OC)c(Cl)c1)S(=O)(=O)c1ccccc1. The van der Waals surface area contributed by atoms with E-state index in [4.69, 9.17) is 39.5 Å². The molecule has 0 radical (unpaired) electrons. The topological polar surface area (TPSA) is 96.0 Å². The number of benzene rings is 3. The van der Waals surface area contributed by atoms with Crippen LogP contribution in [0.15, 0.2) is 71.6 Å². The average Bonchev–Trinajstić information content (AvgIpc) is 2.97. The Balaban J connectivity index is 2.10. The van der Waals surface area contributed by atoms with Gasteiger partial charge in [-0.15, -0.1) is 0 Å². The zero-order chi connectivity index (χ0) is 31.0. The van der Waals surface area contributed by atoms with Gasteiger partial charge in [0.1, 0.15) is 18.3 Å². The number of amides is 2. The van der Waals surface area contributed by atoms with Crippen molar-refractivity contribution in [1.82, 2.24) is 10.2 Å². The lowest BCUT2D eigenvalue weighted by Crippen LogP contribution is -2.53. The molecule has 0 aliphatic carbocycles. The predicted octanol–water partition coefficient (Wildman–Crippen LogP) is 6.57. The van der Waals surface area contributed by atoms with Crippen molar-refractivity contribution in [2.24, 2.45) is 0 Å². The average molecular weight is 655 g/mol. The summed E-state index contributed by atoms with van der Waals surface area (Å²) in [5, 5.41) is 3.74. The molecule has 0 saturated heterocycles. The Hall–Kier alpha value is -2.98. The minimum atomic E-state index is -4.23. The molecule has 0 spiro atoms. The summed E-state index contributed by atoms with van der Waals surface area (Å²) in [6.45, 7) is 4.99. The van der Waals surface area contributed by atoms with Gasteiger partial charge in [0.15, 0.2) is 0 Å². The van der Waals surface area contributed by atoms with Crippen molar-refractivity contribution in [2.75, 3.05) is 18.0 Å². The normalized spacial score (nSPS) is 12.7. The molecule has 12 heteroatoms. The highest BCUT2D eigenvalue weighted by molar-refractivity contribution is 7.92. The fourth-order valence-corrected chi connectivity index (χ4v) is 6.25. The molecule has 1 N–H and O–H groups in total. The number of ether oxygens (including phenoxy) is 1. The molecule has 2 atom stereocenters. The molecule has 3 aromatic carbocycles. The lowest BCUT2D eigenvalue weighted by atomic mass is 10.1. The van der Waals surface area contributed by atoms with Gasteiger partial charge >= 0.3 is 0 Å². The smallest absolute Gasteiger partial charge is 0.264 e. The summed E-state index contributed by atoms with van der Waals surface area (Å²) in [4.78, 5) is 28.9. The molecule has 8 nitrogen and oxygen atoms in total. The van der Waals surface area contributed by atoms with Gasteiger partial charge in [0.2, 0.25) is 11.8 Å². The third-order valence-corrected chi connectivity index (χ3v) is 9.58. The second-order valence-corrected chi connectivity index (χ2v) is 12.7. The zero-order valence-electron chi connectivity index (χ0n) is 23.8. The Morgan fingerprint density at radius 3 is 2.17 bits per heavy atom. The monoisotopic (exact) mass is 653 g/mol. The summed E-state index contributed by atoms with van der Waals surface area (Å²) in [5.41, 5.74) is 0.780. The summed E-state index contributed by atoms with van der Waals surface area (Å²) in [7, 11) is -2.79. The van der Waals surface area contributed by atoms with Gasteiger partial charge in [0.05, 0.1) is 32.8 Å². The third-order valence-electron chi connectivity index (χ3n) is 6.76. The first kappa shape index (κ1) is 33.5. The van der Waals surface area contributed by atoms with Crippen LogP contribution in [0.2, 0.25) is 15.1 Å². The fraction of sp³-hybridized carbons (Fsp3) is 0.333. The van der Waals surface area contributed by atoms with E-state index in [1.54, 1.807) is 43.3 Å². The van der Waals surface area contributed by atoms with Crippen LogP contribution in [0.3, 0.4) is 0 Å². The first-order valence-corrected chi connectivity index (χ1v) is 15.9. The van der Waals surface area contributed by atoms with Crippen LogP contribution in [0.25, 0.3) is 0 Å². The number of rotatable bonds is 13. The Morgan fingerprint density at radius 1 is 0.905 bits per heavy atom. The molecular formula is C30H34Cl3N3O5S.